The van der Waals surface area contributed by atoms with Crippen molar-refractivity contribution >= 4 is 5.78 Å². The molecule has 16 heavy (non-hydrogen) atoms. The van der Waals surface area contributed by atoms with Crippen molar-refractivity contribution in [1.29, 1.82) is 0 Å². The molecule has 1 aromatic rings. The van der Waals surface area contributed by atoms with E-state index >= 15 is 0 Å². The molecule has 0 aromatic heterocycles. The summed E-state index contributed by atoms with van der Waals surface area (Å²) in [5.41, 5.74) is 2.52. The monoisotopic (exact) mass is 216 g/mol. The highest BCUT2D eigenvalue weighted by Gasteiger charge is 2.22. The maximum Gasteiger partial charge on any atom is 0.140 e. The van der Waals surface area contributed by atoms with Gasteiger partial charge in [0.2, 0.25) is 0 Å². The molecule has 0 saturated heterocycles. The van der Waals surface area contributed by atoms with Gasteiger partial charge in [-0.05, 0) is 30.9 Å². The van der Waals surface area contributed by atoms with Crippen LogP contribution in [0.4, 0.5) is 0 Å². The first-order chi connectivity index (χ1) is 7.79. The smallest absolute Gasteiger partial charge is 0.140 e. The largest absolute Gasteiger partial charge is 0.299 e. The molecule has 1 aliphatic carbocycles. The van der Waals surface area contributed by atoms with Crippen LogP contribution in [-0.2, 0) is 4.79 Å². The minimum Gasteiger partial charge on any atom is -0.299 e. The molecule has 2 rings (SSSR count). The Morgan fingerprint density at radius 1 is 1.06 bits per heavy atom. The molecule has 1 aromatic carbocycles. The minimum atomic E-state index is 0.168. The van der Waals surface area contributed by atoms with Gasteiger partial charge in [0.15, 0.2) is 0 Å². The van der Waals surface area contributed by atoms with Crippen LogP contribution in [0.3, 0.4) is 0 Å². The summed E-state index contributed by atoms with van der Waals surface area (Å²) in [6.45, 7) is 2.11. The Bertz CT molecular complexity index is 367. The zero-order chi connectivity index (χ0) is 11.4. The van der Waals surface area contributed by atoms with Crippen molar-refractivity contribution in [2.45, 2.75) is 51.4 Å². The average Bonchev–Trinajstić information content (AvgIpc) is 2.26. The van der Waals surface area contributed by atoms with E-state index in [4.69, 9.17) is 0 Å². The quantitative estimate of drug-likeness (QED) is 0.693. The van der Waals surface area contributed by atoms with Crippen molar-refractivity contribution in [2.75, 3.05) is 0 Å². The van der Waals surface area contributed by atoms with Gasteiger partial charge in [-0.2, -0.15) is 0 Å². The van der Waals surface area contributed by atoms with Gasteiger partial charge in [-0.25, -0.2) is 0 Å². The van der Waals surface area contributed by atoms with Crippen LogP contribution < -0.4 is 0 Å². The Kier molecular flexibility index (Phi) is 3.76. The van der Waals surface area contributed by atoms with E-state index in [0.717, 1.165) is 19.3 Å². The lowest BCUT2D eigenvalue weighted by atomic mass is 9.83. The summed E-state index contributed by atoms with van der Waals surface area (Å²) in [7, 11) is 0. The molecular weight excluding hydrogens is 196 g/mol. The number of Topliss-reactive ketones (excluding diaryl/α,β-unsaturated/α-hetero) is 1. The van der Waals surface area contributed by atoms with Gasteiger partial charge in [-0.15, -0.1) is 0 Å². The number of hydrogen-bond acceptors (Lipinski definition) is 1. The van der Waals surface area contributed by atoms with Crippen LogP contribution in [0, 0.1) is 6.92 Å². The average molecular weight is 216 g/mol. The second-order valence-electron chi connectivity index (χ2n) is 4.83. The van der Waals surface area contributed by atoms with Gasteiger partial charge in [0.05, 0.1) is 0 Å². The SMILES string of the molecule is Cc1ccccc1[C@@H]1CCCCCCC1=O. The van der Waals surface area contributed by atoms with E-state index in [-0.39, 0.29) is 5.92 Å². The third-order valence-corrected chi connectivity index (χ3v) is 3.62. The summed E-state index contributed by atoms with van der Waals surface area (Å²) >= 11 is 0. The van der Waals surface area contributed by atoms with Gasteiger partial charge in [0, 0.05) is 12.3 Å². The van der Waals surface area contributed by atoms with E-state index in [0.29, 0.717) is 5.78 Å². The van der Waals surface area contributed by atoms with E-state index in [1.165, 1.54) is 30.4 Å². The van der Waals surface area contributed by atoms with Gasteiger partial charge >= 0.3 is 0 Å². The van der Waals surface area contributed by atoms with Gasteiger partial charge in [0.25, 0.3) is 0 Å². The summed E-state index contributed by atoms with van der Waals surface area (Å²) in [6.07, 6.45) is 6.62. The van der Waals surface area contributed by atoms with Crippen LogP contribution in [-0.4, -0.2) is 5.78 Å². The zero-order valence-corrected chi connectivity index (χ0v) is 10.0. The number of carbonyl (C=O) groups is 1. The molecule has 1 atom stereocenters. The molecule has 1 saturated carbocycles. The molecule has 1 nitrogen and oxygen atoms in total. The number of rotatable bonds is 1. The van der Waals surface area contributed by atoms with Crippen LogP contribution in [0.1, 0.15) is 55.6 Å². The molecule has 86 valence electrons. The lowest BCUT2D eigenvalue weighted by Gasteiger charge is -2.20. The first-order valence-corrected chi connectivity index (χ1v) is 6.37. The molecule has 0 aliphatic heterocycles. The molecular formula is C15H20O. The molecule has 0 unspecified atom stereocenters. The molecule has 0 bridgehead atoms. The Morgan fingerprint density at radius 3 is 2.62 bits per heavy atom. The predicted molar refractivity (Wildman–Crippen MR) is 66.6 cm³/mol. The lowest BCUT2D eigenvalue weighted by molar-refractivity contribution is -0.121. The van der Waals surface area contributed by atoms with Crippen LogP contribution in [0.15, 0.2) is 24.3 Å². The van der Waals surface area contributed by atoms with Crippen molar-refractivity contribution in [1.82, 2.24) is 0 Å². The van der Waals surface area contributed by atoms with Crippen LogP contribution in [0.25, 0.3) is 0 Å². The predicted octanol–water partition coefficient (Wildman–Crippen LogP) is 4.00. The topological polar surface area (TPSA) is 17.1 Å². The minimum absolute atomic E-state index is 0.168. The fraction of sp³-hybridized carbons (Fsp3) is 0.533. The summed E-state index contributed by atoms with van der Waals surface area (Å²) in [6, 6.07) is 8.33. The molecule has 0 spiro atoms. The maximum atomic E-state index is 12.1. The van der Waals surface area contributed by atoms with Crippen LogP contribution >= 0.6 is 0 Å². The Labute approximate surface area is 97.9 Å². The Hall–Kier alpha value is -1.11. The molecule has 0 N–H and O–H groups in total. The van der Waals surface area contributed by atoms with E-state index in [9.17, 15) is 4.79 Å². The molecule has 0 amide bonds. The van der Waals surface area contributed by atoms with Crippen LogP contribution in [0.2, 0.25) is 0 Å². The maximum absolute atomic E-state index is 12.1. The summed E-state index contributed by atoms with van der Waals surface area (Å²) in [4.78, 5) is 12.1. The second kappa shape index (κ2) is 5.29. The highest BCUT2D eigenvalue weighted by Crippen LogP contribution is 2.30. The summed E-state index contributed by atoms with van der Waals surface area (Å²) < 4.78 is 0. The van der Waals surface area contributed by atoms with E-state index in [2.05, 4.69) is 19.1 Å². The van der Waals surface area contributed by atoms with Gasteiger partial charge < -0.3 is 0 Å². The van der Waals surface area contributed by atoms with E-state index in [1.54, 1.807) is 0 Å². The number of carbonyl (C=O) groups excluding carboxylic acids is 1. The standard InChI is InChI=1S/C15H20O/c1-12-8-6-7-9-13(12)14-10-4-2-3-5-11-15(14)16/h6-9,14H,2-5,10-11H2,1H3/t14-/m0/s1. The highest BCUT2D eigenvalue weighted by molar-refractivity contribution is 5.86. The fourth-order valence-electron chi connectivity index (χ4n) is 2.64. The van der Waals surface area contributed by atoms with Crippen molar-refractivity contribution in [3.8, 4) is 0 Å². The van der Waals surface area contributed by atoms with Crippen molar-refractivity contribution in [3.05, 3.63) is 35.4 Å². The van der Waals surface area contributed by atoms with Crippen molar-refractivity contribution < 1.29 is 4.79 Å². The molecule has 0 heterocycles. The summed E-state index contributed by atoms with van der Waals surface area (Å²) in [5.74, 6) is 0.621. The zero-order valence-electron chi connectivity index (χ0n) is 10.0. The van der Waals surface area contributed by atoms with Gasteiger partial charge in [-0.3, -0.25) is 4.79 Å². The van der Waals surface area contributed by atoms with Crippen molar-refractivity contribution in [3.63, 3.8) is 0 Å². The van der Waals surface area contributed by atoms with E-state index < -0.39 is 0 Å². The first kappa shape index (κ1) is 11.4. The second-order valence-corrected chi connectivity index (χ2v) is 4.83. The summed E-state index contributed by atoms with van der Waals surface area (Å²) in [5, 5.41) is 0. The number of aryl methyl sites for hydroxylation is 1. The number of hydrogen-bond donors (Lipinski definition) is 0. The molecule has 1 aliphatic rings. The highest BCUT2D eigenvalue weighted by atomic mass is 16.1. The van der Waals surface area contributed by atoms with E-state index in [1.807, 2.05) is 12.1 Å². The van der Waals surface area contributed by atoms with Crippen LogP contribution in [0.5, 0.6) is 0 Å². The molecule has 0 radical (unpaired) electrons. The molecule has 1 fully saturated rings. The normalized spacial score (nSPS) is 22.6. The Balaban J connectivity index is 2.22. The first-order valence-electron chi connectivity index (χ1n) is 6.37. The Morgan fingerprint density at radius 2 is 1.81 bits per heavy atom. The van der Waals surface area contributed by atoms with Crippen molar-refractivity contribution in [2.24, 2.45) is 0 Å². The number of benzene rings is 1. The number of ketones is 1. The molecule has 1 heteroatoms. The third-order valence-electron chi connectivity index (χ3n) is 3.62. The van der Waals surface area contributed by atoms with Gasteiger partial charge in [0.1, 0.15) is 5.78 Å². The fourth-order valence-corrected chi connectivity index (χ4v) is 2.64. The van der Waals surface area contributed by atoms with Gasteiger partial charge in [-0.1, -0.05) is 43.5 Å². The lowest BCUT2D eigenvalue weighted by Crippen LogP contribution is -2.15. The third kappa shape index (κ3) is 2.52.